The second-order valence-corrected chi connectivity index (χ2v) is 7.45. The van der Waals surface area contributed by atoms with Gasteiger partial charge in [-0.05, 0) is 25.1 Å². The van der Waals surface area contributed by atoms with Crippen molar-refractivity contribution in [2.75, 3.05) is 31.6 Å². The van der Waals surface area contributed by atoms with E-state index in [9.17, 15) is 9.18 Å². The van der Waals surface area contributed by atoms with Gasteiger partial charge in [0.1, 0.15) is 18.1 Å². The first-order valence-electron chi connectivity index (χ1n) is 9.32. The van der Waals surface area contributed by atoms with Gasteiger partial charge in [-0.25, -0.2) is 14.1 Å². The molecule has 1 fully saturated rings. The topological polar surface area (TPSA) is 63.5 Å². The zero-order chi connectivity index (χ0) is 20.5. The lowest BCUT2D eigenvalue weighted by Gasteiger charge is -2.41. The van der Waals surface area contributed by atoms with Crippen molar-refractivity contribution in [3.8, 4) is 5.75 Å². The standard InChI is InChI=1S/C20H21ClFN5O2/c1-13-11-25(17-9-18(29-2)15(21)8-16(17)22)6-7-26(13)19(28)12-27-20-14(10-24-27)4-3-5-23-20/h3-5,8-10,13H,6-7,11-12H2,1-2H3. The molecule has 7 nitrogen and oxygen atoms in total. The summed E-state index contributed by atoms with van der Waals surface area (Å²) in [5, 5.41) is 5.40. The lowest BCUT2D eigenvalue weighted by atomic mass is 10.1. The fourth-order valence-electron chi connectivity index (χ4n) is 3.71. The minimum atomic E-state index is -0.406. The zero-order valence-electron chi connectivity index (χ0n) is 16.2. The molecule has 0 spiro atoms. The van der Waals surface area contributed by atoms with Gasteiger partial charge in [0.05, 0.1) is 24.0 Å². The van der Waals surface area contributed by atoms with Crippen LogP contribution >= 0.6 is 11.6 Å². The number of benzene rings is 1. The van der Waals surface area contributed by atoms with Gasteiger partial charge < -0.3 is 14.5 Å². The number of anilines is 1. The molecule has 1 aromatic carbocycles. The molecule has 1 atom stereocenters. The summed E-state index contributed by atoms with van der Waals surface area (Å²) in [7, 11) is 1.50. The quantitative estimate of drug-likeness (QED) is 0.653. The van der Waals surface area contributed by atoms with Gasteiger partial charge in [0, 0.05) is 43.3 Å². The molecule has 29 heavy (non-hydrogen) atoms. The highest BCUT2D eigenvalue weighted by Gasteiger charge is 2.29. The van der Waals surface area contributed by atoms with E-state index in [-0.39, 0.29) is 23.5 Å². The molecule has 1 unspecified atom stereocenters. The summed E-state index contributed by atoms with van der Waals surface area (Å²) in [4.78, 5) is 20.9. The Morgan fingerprint density at radius 3 is 2.97 bits per heavy atom. The van der Waals surface area contributed by atoms with Crippen LogP contribution in [0.5, 0.6) is 5.75 Å². The van der Waals surface area contributed by atoms with E-state index in [0.717, 1.165) is 5.39 Å². The SMILES string of the molecule is COc1cc(N2CCN(C(=O)Cn3ncc4cccnc43)C(C)C2)c(F)cc1Cl. The Bertz CT molecular complexity index is 1060. The maximum absolute atomic E-state index is 14.5. The third-order valence-electron chi connectivity index (χ3n) is 5.19. The highest BCUT2D eigenvalue weighted by molar-refractivity contribution is 6.32. The lowest BCUT2D eigenvalue weighted by Crippen LogP contribution is -2.55. The highest BCUT2D eigenvalue weighted by atomic mass is 35.5. The van der Waals surface area contributed by atoms with Gasteiger partial charge in [-0.1, -0.05) is 11.6 Å². The fourth-order valence-corrected chi connectivity index (χ4v) is 3.94. The van der Waals surface area contributed by atoms with Gasteiger partial charge in [0.2, 0.25) is 5.91 Å². The summed E-state index contributed by atoms with van der Waals surface area (Å²) < 4.78 is 21.3. The van der Waals surface area contributed by atoms with Gasteiger partial charge in [0.15, 0.2) is 5.65 Å². The van der Waals surface area contributed by atoms with Gasteiger partial charge in [-0.2, -0.15) is 5.10 Å². The minimum Gasteiger partial charge on any atom is -0.495 e. The largest absolute Gasteiger partial charge is 0.495 e. The smallest absolute Gasteiger partial charge is 0.244 e. The third-order valence-corrected chi connectivity index (χ3v) is 5.49. The van der Waals surface area contributed by atoms with Gasteiger partial charge in [0.25, 0.3) is 0 Å². The number of pyridine rings is 1. The predicted molar refractivity (Wildman–Crippen MR) is 109 cm³/mol. The first-order valence-corrected chi connectivity index (χ1v) is 9.69. The molecular weight excluding hydrogens is 397 g/mol. The summed E-state index contributed by atoms with van der Waals surface area (Å²) in [6.07, 6.45) is 3.38. The van der Waals surface area contributed by atoms with Crippen LogP contribution in [-0.4, -0.2) is 58.4 Å². The number of piperazine rings is 1. The molecule has 3 heterocycles. The Kier molecular flexibility index (Phi) is 5.27. The third kappa shape index (κ3) is 3.72. The van der Waals surface area contributed by atoms with Crippen molar-refractivity contribution >= 4 is 34.2 Å². The number of nitrogens with zero attached hydrogens (tertiary/aromatic N) is 5. The lowest BCUT2D eigenvalue weighted by molar-refractivity contribution is -0.134. The van der Waals surface area contributed by atoms with E-state index in [1.807, 2.05) is 24.0 Å². The average molecular weight is 418 g/mol. The van der Waals surface area contributed by atoms with E-state index in [1.165, 1.54) is 13.2 Å². The van der Waals surface area contributed by atoms with E-state index in [4.69, 9.17) is 16.3 Å². The first kappa shape index (κ1) is 19.4. The Hall–Kier alpha value is -2.87. The minimum absolute atomic E-state index is 0.0399. The van der Waals surface area contributed by atoms with Crippen LogP contribution in [-0.2, 0) is 11.3 Å². The Balaban J connectivity index is 1.47. The van der Waals surface area contributed by atoms with Crippen LogP contribution in [0.4, 0.5) is 10.1 Å². The zero-order valence-corrected chi connectivity index (χ0v) is 16.9. The summed E-state index contributed by atoms with van der Waals surface area (Å²) in [5.41, 5.74) is 1.11. The molecule has 1 saturated heterocycles. The summed E-state index contributed by atoms with van der Waals surface area (Å²) >= 11 is 5.99. The molecule has 0 bridgehead atoms. The molecule has 9 heteroatoms. The van der Waals surface area contributed by atoms with Crippen LogP contribution in [0, 0.1) is 5.82 Å². The molecule has 0 saturated carbocycles. The van der Waals surface area contributed by atoms with Gasteiger partial charge in [-0.3, -0.25) is 4.79 Å². The molecule has 0 aliphatic carbocycles. The summed E-state index contributed by atoms with van der Waals surface area (Å²) in [6, 6.07) is 6.51. The molecule has 1 aliphatic heterocycles. The average Bonchev–Trinajstić information content (AvgIpc) is 3.11. The molecule has 0 N–H and O–H groups in total. The van der Waals surface area contributed by atoms with E-state index in [2.05, 4.69) is 10.1 Å². The van der Waals surface area contributed by atoms with Crippen molar-refractivity contribution in [1.82, 2.24) is 19.7 Å². The maximum atomic E-state index is 14.5. The van der Waals surface area contributed by atoms with Crippen molar-refractivity contribution in [2.24, 2.45) is 0 Å². The number of fused-ring (bicyclic) bond motifs is 1. The molecule has 4 rings (SSSR count). The van der Waals surface area contributed by atoms with Gasteiger partial charge in [-0.15, -0.1) is 0 Å². The van der Waals surface area contributed by atoms with Crippen molar-refractivity contribution in [3.63, 3.8) is 0 Å². The van der Waals surface area contributed by atoms with E-state index in [1.54, 1.807) is 28.0 Å². The van der Waals surface area contributed by atoms with Crippen LogP contribution < -0.4 is 9.64 Å². The summed E-state index contributed by atoms with van der Waals surface area (Å²) in [6.45, 7) is 3.57. The maximum Gasteiger partial charge on any atom is 0.244 e. The number of carbonyl (C=O) groups excluding carboxylic acids is 1. The number of amides is 1. The van der Waals surface area contributed by atoms with Crippen molar-refractivity contribution in [3.05, 3.63) is 47.5 Å². The van der Waals surface area contributed by atoms with E-state index < -0.39 is 5.82 Å². The Labute approximate surface area is 172 Å². The number of ether oxygens (including phenoxy) is 1. The molecule has 1 amide bonds. The van der Waals surface area contributed by atoms with Crippen LogP contribution in [0.1, 0.15) is 6.92 Å². The predicted octanol–water partition coefficient (Wildman–Crippen LogP) is 2.97. The van der Waals surface area contributed by atoms with Crippen LogP contribution in [0.2, 0.25) is 5.02 Å². The molecule has 1 aliphatic rings. The monoisotopic (exact) mass is 417 g/mol. The highest BCUT2D eigenvalue weighted by Crippen LogP contribution is 2.33. The van der Waals surface area contributed by atoms with E-state index >= 15 is 0 Å². The molecular formula is C20H21ClFN5O2. The number of halogens is 2. The fraction of sp³-hybridized carbons (Fsp3) is 0.350. The molecule has 3 aromatic rings. The number of hydrogen-bond acceptors (Lipinski definition) is 5. The number of carbonyl (C=O) groups is 1. The normalized spacial score (nSPS) is 17.0. The summed E-state index contributed by atoms with van der Waals surface area (Å²) in [5.74, 6) is -0.0221. The first-order chi connectivity index (χ1) is 14.0. The number of methoxy groups -OCH3 is 1. The van der Waals surface area contributed by atoms with Gasteiger partial charge >= 0.3 is 0 Å². The van der Waals surface area contributed by atoms with Crippen molar-refractivity contribution in [2.45, 2.75) is 19.5 Å². The van der Waals surface area contributed by atoms with E-state index in [0.29, 0.717) is 36.7 Å². The van der Waals surface area contributed by atoms with Crippen LogP contribution in [0.25, 0.3) is 11.0 Å². The molecule has 0 radical (unpaired) electrons. The number of rotatable bonds is 4. The van der Waals surface area contributed by atoms with Crippen LogP contribution in [0.15, 0.2) is 36.7 Å². The Morgan fingerprint density at radius 2 is 2.21 bits per heavy atom. The Morgan fingerprint density at radius 1 is 1.38 bits per heavy atom. The van der Waals surface area contributed by atoms with Crippen molar-refractivity contribution in [1.29, 1.82) is 0 Å². The number of aromatic nitrogens is 3. The van der Waals surface area contributed by atoms with Crippen molar-refractivity contribution < 1.29 is 13.9 Å². The molecule has 2 aromatic heterocycles. The number of hydrogen-bond donors (Lipinski definition) is 0. The van der Waals surface area contributed by atoms with Crippen LogP contribution in [0.3, 0.4) is 0 Å². The second-order valence-electron chi connectivity index (χ2n) is 7.04. The molecule has 152 valence electrons. The second kappa shape index (κ2) is 7.87.